The number of carbonyl (C=O) groups is 1. The smallest absolute Gasteiger partial charge is 0.259 e. The number of hydrogen-bond donors (Lipinski definition) is 2. The zero-order chi connectivity index (χ0) is 42.0. The van der Waals surface area contributed by atoms with Crippen LogP contribution >= 0.6 is 0 Å². The minimum atomic E-state index is -0.148. The Morgan fingerprint density at radius 1 is 0.869 bits per heavy atom. The number of para-hydroxylation sites is 1. The average molecular weight is 810 g/mol. The number of aromatic nitrogens is 5. The number of furan rings is 1. The molecule has 0 saturated heterocycles. The predicted molar refractivity (Wildman–Crippen MR) is 239 cm³/mol. The van der Waals surface area contributed by atoms with E-state index in [0.29, 0.717) is 29.8 Å². The molecular formula is C50H49N8O3+. The summed E-state index contributed by atoms with van der Waals surface area (Å²) in [6.07, 6.45) is 7.21. The first-order chi connectivity index (χ1) is 29.6. The predicted octanol–water partition coefficient (Wildman–Crippen LogP) is 9.58. The second kappa shape index (κ2) is 16.8. The van der Waals surface area contributed by atoms with Crippen LogP contribution in [0.25, 0.3) is 44.4 Å². The molecule has 9 rings (SSSR count). The maximum absolute atomic E-state index is 12.2. The minimum absolute atomic E-state index is 0.0324. The van der Waals surface area contributed by atoms with Gasteiger partial charge in [0.05, 0.1) is 35.3 Å². The van der Waals surface area contributed by atoms with E-state index < -0.39 is 0 Å². The molecule has 1 amide bonds. The minimum Gasteiger partial charge on any atom is -0.484 e. The van der Waals surface area contributed by atoms with Gasteiger partial charge in [-0.05, 0) is 105 Å². The van der Waals surface area contributed by atoms with Crippen LogP contribution in [0.1, 0.15) is 65.8 Å². The molecule has 4 heterocycles. The molecule has 0 saturated carbocycles. The zero-order valence-electron chi connectivity index (χ0n) is 35.1. The molecule has 306 valence electrons. The molecular weight excluding hydrogens is 761 g/mol. The van der Waals surface area contributed by atoms with Gasteiger partial charge in [-0.3, -0.25) is 4.79 Å². The number of likely N-dealkylation sites (N-methyl/N-ethyl adjacent to an activating group) is 1. The summed E-state index contributed by atoms with van der Waals surface area (Å²) in [5, 5.41) is 9.51. The summed E-state index contributed by atoms with van der Waals surface area (Å²) in [5.74, 6) is 3.35. The number of amides is 1. The Labute approximate surface area is 355 Å². The Morgan fingerprint density at radius 2 is 1.69 bits per heavy atom. The van der Waals surface area contributed by atoms with Crippen LogP contribution in [-0.4, -0.2) is 51.4 Å². The van der Waals surface area contributed by atoms with Crippen molar-refractivity contribution in [2.24, 2.45) is 0 Å². The van der Waals surface area contributed by atoms with Crippen LogP contribution in [0.5, 0.6) is 5.75 Å². The fourth-order valence-electron chi connectivity index (χ4n) is 8.17. The van der Waals surface area contributed by atoms with Gasteiger partial charge in [-0.15, -0.1) is 0 Å². The van der Waals surface area contributed by atoms with Crippen LogP contribution in [0.2, 0.25) is 0 Å². The quantitative estimate of drug-likeness (QED) is 0.116. The van der Waals surface area contributed by atoms with E-state index in [-0.39, 0.29) is 24.6 Å². The molecule has 0 spiro atoms. The zero-order valence-corrected chi connectivity index (χ0v) is 35.1. The molecule has 2 atom stereocenters. The Kier molecular flexibility index (Phi) is 10.9. The van der Waals surface area contributed by atoms with E-state index in [4.69, 9.17) is 29.1 Å². The Morgan fingerprint density at radius 3 is 2.57 bits per heavy atom. The summed E-state index contributed by atoms with van der Waals surface area (Å²) in [6.45, 7) is 6.44. The van der Waals surface area contributed by atoms with Crippen molar-refractivity contribution in [2.45, 2.75) is 58.7 Å². The third-order valence-corrected chi connectivity index (χ3v) is 11.4. The summed E-state index contributed by atoms with van der Waals surface area (Å²) in [4.78, 5) is 33.8. The lowest BCUT2D eigenvalue weighted by molar-refractivity contribution is -0.662. The summed E-state index contributed by atoms with van der Waals surface area (Å²) >= 11 is 0. The number of pyridine rings is 1. The highest BCUT2D eigenvalue weighted by atomic mass is 16.5. The number of ether oxygens (including phenoxy) is 1. The van der Waals surface area contributed by atoms with Gasteiger partial charge in [-0.25, -0.2) is 19.9 Å². The topological polar surface area (TPSA) is 122 Å². The fraction of sp³-hybridized carbons (Fsp3) is 0.240. The molecule has 11 nitrogen and oxygen atoms in total. The lowest BCUT2D eigenvalue weighted by atomic mass is 9.88. The SMILES string of the molecule is Cc1nc(NC2CCCc3ccccc32)cc(-c2cc3ccccc3[n+](Cc3nc(NC(C)c4cccc(OCC(=O)N(C)C)c4)cc(-c4ccc5occ(C)c5c4)n3)c2)n1. The molecule has 2 N–H and O–H groups in total. The van der Waals surface area contributed by atoms with Crippen molar-refractivity contribution in [2.75, 3.05) is 31.3 Å². The Hall–Kier alpha value is -7.14. The summed E-state index contributed by atoms with van der Waals surface area (Å²) in [5.41, 5.74) is 10.2. The summed E-state index contributed by atoms with van der Waals surface area (Å²) in [6, 6.07) is 37.3. The number of nitrogens with zero attached hydrogens (tertiary/aromatic N) is 6. The molecule has 4 aromatic heterocycles. The van der Waals surface area contributed by atoms with E-state index in [2.05, 4.69) is 95.1 Å². The summed E-state index contributed by atoms with van der Waals surface area (Å²) < 4.78 is 13.8. The highest BCUT2D eigenvalue weighted by Gasteiger charge is 2.22. The van der Waals surface area contributed by atoms with Crippen molar-refractivity contribution in [1.29, 1.82) is 0 Å². The van der Waals surface area contributed by atoms with Gasteiger partial charge in [0.25, 0.3) is 5.91 Å². The second-order valence-corrected chi connectivity index (χ2v) is 16.1. The van der Waals surface area contributed by atoms with Gasteiger partial charge >= 0.3 is 0 Å². The number of carbonyl (C=O) groups excluding carboxylic acids is 1. The van der Waals surface area contributed by atoms with E-state index in [0.717, 1.165) is 80.6 Å². The lowest BCUT2D eigenvalue weighted by Gasteiger charge is -2.27. The number of fused-ring (bicyclic) bond motifs is 3. The molecule has 4 aromatic carbocycles. The van der Waals surface area contributed by atoms with E-state index >= 15 is 0 Å². The van der Waals surface area contributed by atoms with Gasteiger partial charge in [0.15, 0.2) is 18.6 Å². The first kappa shape index (κ1) is 39.3. The third kappa shape index (κ3) is 8.63. The van der Waals surface area contributed by atoms with Gasteiger partial charge in [0.2, 0.25) is 12.1 Å². The van der Waals surface area contributed by atoms with Gasteiger partial charge < -0.3 is 24.7 Å². The molecule has 1 aliphatic rings. The molecule has 8 aromatic rings. The van der Waals surface area contributed by atoms with Crippen molar-refractivity contribution in [1.82, 2.24) is 24.8 Å². The molecule has 2 unspecified atom stereocenters. The molecule has 0 bridgehead atoms. The van der Waals surface area contributed by atoms with Crippen molar-refractivity contribution in [3.8, 4) is 28.3 Å². The third-order valence-electron chi connectivity index (χ3n) is 11.4. The highest BCUT2D eigenvalue weighted by Crippen LogP contribution is 2.34. The van der Waals surface area contributed by atoms with Crippen molar-refractivity contribution < 1.29 is 18.5 Å². The number of rotatable bonds is 12. The standard InChI is InChI=1S/C50H49N8O3/c1-31-29-61-46-21-20-36(24-41(31)46)43-25-47(51-32(2)35-15-10-16-39(23-35)60-30-50(59)57(4)5)56-49(55-43)28-58-27-38(22-37-13-7-9-19-45(37)58)44-26-48(53-33(3)52-44)54-42-18-11-14-34-12-6-8-17-40(34)42/h6-10,12-13,15-17,19-27,29,32,42H,11,14,18,28,30H2,1-5H3,(H,51,55,56)(H,52,53,54)/q+1. The molecule has 11 heteroatoms. The van der Waals surface area contributed by atoms with E-state index in [9.17, 15) is 4.79 Å². The lowest BCUT2D eigenvalue weighted by Crippen LogP contribution is -2.36. The molecule has 0 radical (unpaired) electrons. The number of nitrogens with one attached hydrogen (secondary N) is 2. The number of anilines is 2. The van der Waals surface area contributed by atoms with Gasteiger partial charge in [-0.2, -0.15) is 4.57 Å². The van der Waals surface area contributed by atoms with Crippen molar-refractivity contribution in [3.05, 3.63) is 156 Å². The molecule has 0 aliphatic heterocycles. The highest BCUT2D eigenvalue weighted by molar-refractivity contribution is 5.86. The molecule has 1 aliphatic carbocycles. The fourth-order valence-corrected chi connectivity index (χ4v) is 8.17. The van der Waals surface area contributed by atoms with Gasteiger partial charge in [-0.1, -0.05) is 48.5 Å². The number of hydrogen-bond acceptors (Lipinski definition) is 9. The van der Waals surface area contributed by atoms with Crippen molar-refractivity contribution >= 4 is 39.4 Å². The largest absolute Gasteiger partial charge is 0.484 e. The Balaban J connectivity index is 1.07. The summed E-state index contributed by atoms with van der Waals surface area (Å²) in [7, 11) is 3.43. The van der Waals surface area contributed by atoms with Crippen LogP contribution in [0, 0.1) is 13.8 Å². The van der Waals surface area contributed by atoms with Crippen molar-refractivity contribution in [3.63, 3.8) is 0 Å². The van der Waals surface area contributed by atoms with Gasteiger partial charge in [0.1, 0.15) is 28.8 Å². The van der Waals surface area contributed by atoms with Crippen LogP contribution in [0.15, 0.2) is 126 Å². The second-order valence-electron chi connectivity index (χ2n) is 16.1. The number of aryl methyl sites for hydroxylation is 3. The Bertz CT molecular complexity index is 2910. The van der Waals surface area contributed by atoms with E-state index in [1.54, 1.807) is 20.4 Å². The van der Waals surface area contributed by atoms with Crippen LogP contribution in [-0.2, 0) is 17.8 Å². The maximum atomic E-state index is 12.2. The molecule has 61 heavy (non-hydrogen) atoms. The monoisotopic (exact) mass is 809 g/mol. The maximum Gasteiger partial charge on any atom is 0.259 e. The van der Waals surface area contributed by atoms with Crippen LogP contribution in [0.4, 0.5) is 11.6 Å². The van der Waals surface area contributed by atoms with Gasteiger partial charge in [0, 0.05) is 48.6 Å². The van der Waals surface area contributed by atoms with Crippen LogP contribution in [0.3, 0.4) is 0 Å². The average Bonchev–Trinajstić information content (AvgIpc) is 3.64. The normalized spacial score (nSPS) is 14.1. The van der Waals surface area contributed by atoms with E-state index in [1.807, 2.05) is 56.3 Å². The first-order valence-electron chi connectivity index (χ1n) is 20.8. The van der Waals surface area contributed by atoms with E-state index in [1.165, 1.54) is 16.0 Å². The first-order valence-corrected chi connectivity index (χ1v) is 20.8. The molecule has 0 fully saturated rings. The number of benzene rings is 4. The van der Waals surface area contributed by atoms with Crippen LogP contribution < -0.4 is 19.9 Å².